The lowest BCUT2D eigenvalue weighted by Crippen LogP contribution is -2.19. The molecule has 0 bridgehead atoms. The fourth-order valence-corrected chi connectivity index (χ4v) is 5.86. The summed E-state index contributed by atoms with van der Waals surface area (Å²) in [5, 5.41) is 10.9. The standard InChI is InChI=1S/C25H31NO5S3/c1-12(27)32-21-18(22(33-13(2)28)26-23(21)34-14(3)29)19(30)15-10-16(24(4,5)6)20(31)17(11-15)25(7,8)9/h10-11,26,31H,1-9H3. The van der Waals surface area contributed by atoms with Crippen LogP contribution in [0.1, 0.15) is 89.4 Å². The van der Waals surface area contributed by atoms with E-state index in [1.165, 1.54) is 20.8 Å². The largest absolute Gasteiger partial charge is 0.507 e. The molecule has 0 unspecified atom stereocenters. The first-order valence-electron chi connectivity index (χ1n) is 10.7. The molecule has 0 saturated heterocycles. The molecular weight excluding hydrogens is 490 g/mol. The highest BCUT2D eigenvalue weighted by molar-refractivity contribution is 8.16. The first kappa shape index (κ1) is 28.3. The van der Waals surface area contributed by atoms with E-state index in [4.69, 9.17) is 0 Å². The molecule has 0 radical (unpaired) electrons. The summed E-state index contributed by atoms with van der Waals surface area (Å²) in [6.07, 6.45) is 0. The van der Waals surface area contributed by atoms with Gasteiger partial charge < -0.3 is 10.1 Å². The molecule has 9 heteroatoms. The second-order valence-electron chi connectivity index (χ2n) is 10.0. The van der Waals surface area contributed by atoms with Crippen molar-refractivity contribution in [2.75, 3.05) is 0 Å². The van der Waals surface area contributed by atoms with Gasteiger partial charge in [-0.3, -0.25) is 19.2 Å². The van der Waals surface area contributed by atoms with E-state index in [0.717, 1.165) is 35.3 Å². The van der Waals surface area contributed by atoms with Crippen LogP contribution in [0.4, 0.5) is 0 Å². The summed E-state index contributed by atoms with van der Waals surface area (Å²) in [5.41, 5.74) is 0.873. The number of thioether (sulfide) groups is 3. The molecule has 0 fully saturated rings. The van der Waals surface area contributed by atoms with Gasteiger partial charge >= 0.3 is 0 Å². The van der Waals surface area contributed by atoms with Crippen LogP contribution < -0.4 is 0 Å². The second-order valence-corrected chi connectivity index (χ2v) is 13.6. The van der Waals surface area contributed by atoms with Crippen LogP contribution in [0, 0.1) is 0 Å². The van der Waals surface area contributed by atoms with Crippen LogP contribution in [0.2, 0.25) is 0 Å². The minimum Gasteiger partial charge on any atom is -0.507 e. The van der Waals surface area contributed by atoms with Gasteiger partial charge in [0.2, 0.25) is 0 Å². The lowest BCUT2D eigenvalue weighted by atomic mass is 9.78. The van der Waals surface area contributed by atoms with Gasteiger partial charge in [0.1, 0.15) is 5.75 Å². The second kappa shape index (κ2) is 10.3. The van der Waals surface area contributed by atoms with Gasteiger partial charge in [-0.05, 0) is 58.2 Å². The van der Waals surface area contributed by atoms with E-state index in [2.05, 4.69) is 4.98 Å². The molecule has 0 aliphatic rings. The fraction of sp³-hybridized carbons (Fsp3) is 0.440. The lowest BCUT2D eigenvalue weighted by molar-refractivity contribution is -0.110. The third-order valence-corrected chi connectivity index (χ3v) is 7.46. The molecule has 0 saturated carbocycles. The number of H-pyrrole nitrogens is 1. The van der Waals surface area contributed by atoms with Gasteiger partial charge in [-0.2, -0.15) is 0 Å². The first-order chi connectivity index (χ1) is 15.4. The number of aromatic hydroxyl groups is 1. The van der Waals surface area contributed by atoms with Crippen molar-refractivity contribution >= 4 is 56.4 Å². The molecule has 6 nitrogen and oxygen atoms in total. The molecule has 0 aliphatic carbocycles. The third kappa shape index (κ3) is 6.58. The number of carbonyl (C=O) groups is 4. The minimum atomic E-state index is -0.442. The summed E-state index contributed by atoms with van der Waals surface area (Å²) >= 11 is 2.57. The first-order valence-corrected chi connectivity index (χ1v) is 13.1. The molecule has 34 heavy (non-hydrogen) atoms. The summed E-state index contributed by atoms with van der Waals surface area (Å²) in [4.78, 5) is 53.2. The van der Waals surface area contributed by atoms with Crippen molar-refractivity contribution in [2.45, 2.75) is 88.1 Å². The maximum absolute atomic E-state index is 14.0. The average molecular weight is 522 g/mol. The Morgan fingerprint density at radius 3 is 1.53 bits per heavy atom. The van der Waals surface area contributed by atoms with E-state index >= 15 is 0 Å². The Morgan fingerprint density at radius 1 is 0.735 bits per heavy atom. The zero-order valence-electron chi connectivity index (χ0n) is 21.0. The fourth-order valence-electron chi connectivity index (χ4n) is 3.38. The molecule has 184 valence electrons. The number of rotatable bonds is 5. The van der Waals surface area contributed by atoms with Gasteiger partial charge in [0.05, 0.1) is 20.5 Å². The average Bonchev–Trinajstić information content (AvgIpc) is 2.93. The Balaban J connectivity index is 2.89. The van der Waals surface area contributed by atoms with E-state index in [9.17, 15) is 24.3 Å². The highest BCUT2D eigenvalue weighted by Crippen LogP contribution is 2.44. The van der Waals surface area contributed by atoms with Crippen LogP contribution in [0.3, 0.4) is 0 Å². The van der Waals surface area contributed by atoms with Crippen LogP contribution in [0.5, 0.6) is 5.75 Å². The highest BCUT2D eigenvalue weighted by Gasteiger charge is 2.32. The number of carbonyl (C=O) groups excluding carboxylic acids is 4. The van der Waals surface area contributed by atoms with Gasteiger partial charge in [-0.1, -0.05) is 41.5 Å². The van der Waals surface area contributed by atoms with Crippen LogP contribution in [0.25, 0.3) is 0 Å². The maximum atomic E-state index is 14.0. The van der Waals surface area contributed by atoms with Crippen LogP contribution in [0.15, 0.2) is 27.1 Å². The molecule has 2 aromatic rings. The number of nitrogens with one attached hydrogen (secondary N) is 1. The Kier molecular flexibility index (Phi) is 8.59. The minimum absolute atomic E-state index is 0.148. The van der Waals surface area contributed by atoms with Gasteiger partial charge in [-0.25, -0.2) is 0 Å². The number of ketones is 1. The Labute approximate surface area is 213 Å². The van der Waals surface area contributed by atoms with Crippen LogP contribution in [-0.4, -0.2) is 31.2 Å². The molecule has 1 aromatic carbocycles. The van der Waals surface area contributed by atoms with E-state index in [1.54, 1.807) is 12.1 Å². The zero-order chi connectivity index (χ0) is 26.2. The molecule has 0 aliphatic heterocycles. The van der Waals surface area contributed by atoms with Crippen molar-refractivity contribution in [3.63, 3.8) is 0 Å². The van der Waals surface area contributed by atoms with Crippen LogP contribution in [-0.2, 0) is 25.2 Å². The number of phenolic OH excluding ortho intramolecular Hbond substituents is 1. The Morgan fingerprint density at radius 2 is 1.15 bits per heavy atom. The molecular formula is C25H31NO5S3. The van der Waals surface area contributed by atoms with Crippen molar-refractivity contribution < 1.29 is 24.3 Å². The van der Waals surface area contributed by atoms with E-state index in [1.807, 2.05) is 41.5 Å². The summed E-state index contributed by atoms with van der Waals surface area (Å²) in [7, 11) is 0. The number of aromatic amines is 1. The van der Waals surface area contributed by atoms with Gasteiger partial charge in [0.15, 0.2) is 21.1 Å². The SMILES string of the molecule is CC(=O)Sc1[nH]c(SC(C)=O)c(C(=O)c2cc(C(C)(C)C)c(O)c(C(C)(C)C)c2)c1SC(C)=O. The Bertz CT molecular complexity index is 1130. The predicted octanol–water partition coefficient (Wildman–Crippen LogP) is 6.46. The molecule has 0 atom stereocenters. The summed E-state index contributed by atoms with van der Waals surface area (Å²) in [6.45, 7) is 15.9. The molecule has 2 N–H and O–H groups in total. The molecule has 0 amide bonds. The molecule has 1 heterocycles. The van der Waals surface area contributed by atoms with Gasteiger partial charge in [0, 0.05) is 37.5 Å². The summed E-state index contributed by atoms with van der Waals surface area (Å²) < 4.78 is 0. The van der Waals surface area contributed by atoms with Gasteiger partial charge in [0.25, 0.3) is 0 Å². The molecule has 2 rings (SSSR count). The monoisotopic (exact) mass is 521 g/mol. The third-order valence-electron chi connectivity index (χ3n) is 4.84. The number of aromatic nitrogens is 1. The van der Waals surface area contributed by atoms with Gasteiger partial charge in [-0.15, -0.1) is 0 Å². The number of benzene rings is 1. The molecule has 0 spiro atoms. The highest BCUT2D eigenvalue weighted by atomic mass is 32.2. The number of hydrogen-bond acceptors (Lipinski definition) is 8. The smallest absolute Gasteiger partial charge is 0.196 e. The summed E-state index contributed by atoms with van der Waals surface area (Å²) in [5.74, 6) is -0.245. The van der Waals surface area contributed by atoms with Crippen molar-refractivity contribution in [2.24, 2.45) is 0 Å². The van der Waals surface area contributed by atoms with Crippen LogP contribution >= 0.6 is 35.3 Å². The van der Waals surface area contributed by atoms with Crippen molar-refractivity contribution in [3.05, 3.63) is 34.4 Å². The Hall–Kier alpha value is -1.97. The quantitative estimate of drug-likeness (QED) is 0.341. The molecule has 1 aromatic heterocycles. The van der Waals surface area contributed by atoms with Crippen molar-refractivity contribution in [1.29, 1.82) is 0 Å². The predicted molar refractivity (Wildman–Crippen MR) is 139 cm³/mol. The number of phenols is 1. The van der Waals surface area contributed by atoms with Crippen molar-refractivity contribution in [3.8, 4) is 5.75 Å². The zero-order valence-corrected chi connectivity index (χ0v) is 23.4. The summed E-state index contributed by atoms with van der Waals surface area (Å²) in [6, 6.07) is 3.34. The van der Waals surface area contributed by atoms with E-state index < -0.39 is 16.6 Å². The van der Waals surface area contributed by atoms with E-state index in [0.29, 0.717) is 26.6 Å². The normalized spacial score (nSPS) is 12.0. The van der Waals surface area contributed by atoms with Crippen molar-refractivity contribution in [1.82, 2.24) is 4.98 Å². The lowest BCUT2D eigenvalue weighted by Gasteiger charge is -2.28. The number of hydrogen-bond donors (Lipinski definition) is 2. The topological polar surface area (TPSA) is 104 Å². The van der Waals surface area contributed by atoms with E-state index in [-0.39, 0.29) is 31.7 Å². The maximum Gasteiger partial charge on any atom is 0.196 e.